The van der Waals surface area contributed by atoms with Crippen LogP contribution < -0.4 is 10.1 Å². The van der Waals surface area contributed by atoms with Gasteiger partial charge in [0.1, 0.15) is 0 Å². The second-order valence-electron chi connectivity index (χ2n) is 3.77. The number of nitrogens with one attached hydrogen (secondary N) is 1. The maximum atomic E-state index is 5.31. The summed E-state index contributed by atoms with van der Waals surface area (Å²) in [6.45, 7) is 3.61. The number of aromatic nitrogens is 1. The standard InChI is InChI=1S/C11H16N2O2/c1-8-5-10(11(14-2)12-6-8)13-9-3-4-15-7-9/h5-6,9,13H,3-4,7H2,1-2H3. The molecule has 0 aromatic carbocycles. The summed E-state index contributed by atoms with van der Waals surface area (Å²) in [6.07, 6.45) is 2.84. The number of nitrogens with zero attached hydrogens (tertiary/aromatic N) is 1. The van der Waals surface area contributed by atoms with E-state index < -0.39 is 0 Å². The van der Waals surface area contributed by atoms with Gasteiger partial charge < -0.3 is 14.8 Å². The first-order valence-corrected chi connectivity index (χ1v) is 5.14. The topological polar surface area (TPSA) is 43.4 Å². The predicted molar refractivity (Wildman–Crippen MR) is 58.4 cm³/mol. The highest BCUT2D eigenvalue weighted by atomic mass is 16.5. The molecule has 1 saturated heterocycles. The molecule has 0 bridgehead atoms. The van der Waals surface area contributed by atoms with E-state index in [9.17, 15) is 0 Å². The third-order valence-corrected chi connectivity index (χ3v) is 2.47. The molecule has 0 spiro atoms. The van der Waals surface area contributed by atoms with E-state index in [1.54, 1.807) is 13.3 Å². The minimum absolute atomic E-state index is 0.377. The fourth-order valence-corrected chi connectivity index (χ4v) is 1.69. The van der Waals surface area contributed by atoms with E-state index in [1.807, 2.05) is 13.0 Å². The Balaban J connectivity index is 2.14. The van der Waals surface area contributed by atoms with Gasteiger partial charge in [-0.25, -0.2) is 4.98 Å². The fraction of sp³-hybridized carbons (Fsp3) is 0.545. The molecule has 0 aliphatic carbocycles. The van der Waals surface area contributed by atoms with Gasteiger partial charge in [-0.3, -0.25) is 0 Å². The highest BCUT2D eigenvalue weighted by Crippen LogP contribution is 2.24. The van der Waals surface area contributed by atoms with Crippen LogP contribution in [-0.4, -0.2) is 31.3 Å². The van der Waals surface area contributed by atoms with Crippen molar-refractivity contribution in [2.75, 3.05) is 25.6 Å². The number of rotatable bonds is 3. The summed E-state index contributed by atoms with van der Waals surface area (Å²) < 4.78 is 10.5. The number of methoxy groups -OCH3 is 1. The number of anilines is 1. The van der Waals surface area contributed by atoms with Crippen molar-refractivity contribution in [3.63, 3.8) is 0 Å². The SMILES string of the molecule is COc1ncc(C)cc1NC1CCOC1. The summed E-state index contributed by atoms with van der Waals surface area (Å²) in [5.41, 5.74) is 2.07. The van der Waals surface area contributed by atoms with E-state index >= 15 is 0 Å². The van der Waals surface area contributed by atoms with E-state index in [0.29, 0.717) is 11.9 Å². The van der Waals surface area contributed by atoms with Crippen LogP contribution in [0.25, 0.3) is 0 Å². The molecule has 0 radical (unpaired) electrons. The van der Waals surface area contributed by atoms with Crippen LogP contribution in [-0.2, 0) is 4.74 Å². The zero-order valence-corrected chi connectivity index (χ0v) is 9.12. The van der Waals surface area contributed by atoms with Crippen molar-refractivity contribution >= 4 is 5.69 Å². The van der Waals surface area contributed by atoms with Gasteiger partial charge in [-0.1, -0.05) is 0 Å². The van der Waals surface area contributed by atoms with Crippen LogP contribution in [0.15, 0.2) is 12.3 Å². The van der Waals surface area contributed by atoms with Crippen molar-refractivity contribution in [1.82, 2.24) is 4.98 Å². The molecule has 1 fully saturated rings. The van der Waals surface area contributed by atoms with Gasteiger partial charge in [0.15, 0.2) is 0 Å². The third kappa shape index (κ3) is 2.39. The van der Waals surface area contributed by atoms with Crippen LogP contribution in [0, 0.1) is 6.92 Å². The number of ether oxygens (including phenoxy) is 2. The Bertz CT molecular complexity index is 335. The highest BCUT2D eigenvalue weighted by Gasteiger charge is 2.17. The lowest BCUT2D eigenvalue weighted by Crippen LogP contribution is -2.19. The molecule has 0 saturated carbocycles. The first kappa shape index (κ1) is 10.2. The van der Waals surface area contributed by atoms with Crippen LogP contribution in [0.1, 0.15) is 12.0 Å². The lowest BCUT2D eigenvalue weighted by Gasteiger charge is -2.14. The molecule has 1 atom stereocenters. The average Bonchev–Trinajstić information content (AvgIpc) is 2.71. The minimum atomic E-state index is 0.377. The summed E-state index contributed by atoms with van der Waals surface area (Å²) >= 11 is 0. The lowest BCUT2D eigenvalue weighted by atomic mass is 10.2. The van der Waals surface area contributed by atoms with Gasteiger partial charge >= 0.3 is 0 Å². The van der Waals surface area contributed by atoms with Crippen molar-refractivity contribution in [3.8, 4) is 5.88 Å². The Kier molecular flexibility index (Phi) is 3.06. The van der Waals surface area contributed by atoms with Crippen LogP contribution in [0.3, 0.4) is 0 Å². The molecule has 1 aromatic heterocycles. The Morgan fingerprint density at radius 1 is 1.60 bits per heavy atom. The normalized spacial score (nSPS) is 20.3. The summed E-state index contributed by atoms with van der Waals surface area (Å²) in [4.78, 5) is 4.21. The van der Waals surface area contributed by atoms with E-state index in [2.05, 4.69) is 10.3 Å². The van der Waals surface area contributed by atoms with Crippen molar-refractivity contribution in [2.24, 2.45) is 0 Å². The highest BCUT2D eigenvalue weighted by molar-refractivity contribution is 5.54. The minimum Gasteiger partial charge on any atom is -0.480 e. The van der Waals surface area contributed by atoms with E-state index in [-0.39, 0.29) is 0 Å². The Labute approximate surface area is 89.6 Å². The van der Waals surface area contributed by atoms with Gasteiger partial charge in [0.2, 0.25) is 5.88 Å². The third-order valence-electron chi connectivity index (χ3n) is 2.47. The van der Waals surface area contributed by atoms with Crippen molar-refractivity contribution < 1.29 is 9.47 Å². The molecule has 1 unspecified atom stereocenters. The smallest absolute Gasteiger partial charge is 0.237 e. The quantitative estimate of drug-likeness (QED) is 0.819. The van der Waals surface area contributed by atoms with Crippen molar-refractivity contribution in [3.05, 3.63) is 17.8 Å². The molecular weight excluding hydrogens is 192 g/mol. The van der Waals surface area contributed by atoms with Crippen LogP contribution in [0.4, 0.5) is 5.69 Å². The van der Waals surface area contributed by atoms with Gasteiger partial charge in [-0.15, -0.1) is 0 Å². The average molecular weight is 208 g/mol. The maximum absolute atomic E-state index is 5.31. The molecule has 4 nitrogen and oxygen atoms in total. The second kappa shape index (κ2) is 4.49. The maximum Gasteiger partial charge on any atom is 0.237 e. The van der Waals surface area contributed by atoms with Gasteiger partial charge in [0, 0.05) is 12.8 Å². The van der Waals surface area contributed by atoms with E-state index in [4.69, 9.17) is 9.47 Å². The predicted octanol–water partition coefficient (Wildman–Crippen LogP) is 1.60. The molecule has 1 aliphatic heterocycles. The Hall–Kier alpha value is -1.29. The molecule has 2 rings (SSSR count). The molecule has 15 heavy (non-hydrogen) atoms. The Morgan fingerprint density at radius 3 is 3.13 bits per heavy atom. The van der Waals surface area contributed by atoms with Gasteiger partial charge in [-0.2, -0.15) is 0 Å². The molecular formula is C11H16N2O2. The van der Waals surface area contributed by atoms with Crippen LogP contribution in [0.2, 0.25) is 0 Å². The molecule has 0 amide bonds. The summed E-state index contributed by atoms with van der Waals surface area (Å²) in [7, 11) is 1.63. The molecule has 1 N–H and O–H groups in total. The Morgan fingerprint density at radius 2 is 2.47 bits per heavy atom. The van der Waals surface area contributed by atoms with Crippen LogP contribution >= 0.6 is 0 Å². The number of pyridine rings is 1. The van der Waals surface area contributed by atoms with E-state index in [0.717, 1.165) is 30.9 Å². The molecule has 1 aromatic rings. The second-order valence-corrected chi connectivity index (χ2v) is 3.77. The summed E-state index contributed by atoms with van der Waals surface area (Å²) in [6, 6.07) is 2.42. The monoisotopic (exact) mass is 208 g/mol. The fourth-order valence-electron chi connectivity index (χ4n) is 1.69. The zero-order chi connectivity index (χ0) is 10.7. The van der Waals surface area contributed by atoms with Crippen molar-refractivity contribution in [1.29, 1.82) is 0 Å². The summed E-state index contributed by atoms with van der Waals surface area (Å²) in [5, 5.41) is 3.39. The number of hydrogen-bond acceptors (Lipinski definition) is 4. The lowest BCUT2D eigenvalue weighted by molar-refractivity contribution is 0.195. The first-order valence-electron chi connectivity index (χ1n) is 5.14. The number of hydrogen-bond donors (Lipinski definition) is 1. The van der Waals surface area contributed by atoms with E-state index in [1.165, 1.54) is 0 Å². The number of aryl methyl sites for hydroxylation is 1. The van der Waals surface area contributed by atoms with Crippen molar-refractivity contribution in [2.45, 2.75) is 19.4 Å². The summed E-state index contributed by atoms with van der Waals surface area (Å²) in [5.74, 6) is 0.646. The van der Waals surface area contributed by atoms with Gasteiger partial charge in [-0.05, 0) is 25.0 Å². The van der Waals surface area contributed by atoms with Crippen LogP contribution in [0.5, 0.6) is 5.88 Å². The molecule has 4 heteroatoms. The molecule has 1 aliphatic rings. The molecule has 82 valence electrons. The largest absolute Gasteiger partial charge is 0.480 e. The van der Waals surface area contributed by atoms with Gasteiger partial charge in [0.25, 0.3) is 0 Å². The zero-order valence-electron chi connectivity index (χ0n) is 9.12. The molecule has 2 heterocycles. The van der Waals surface area contributed by atoms with Gasteiger partial charge in [0.05, 0.1) is 25.4 Å². The first-order chi connectivity index (χ1) is 7.29.